The molecule has 1 aliphatic heterocycles. The number of hydrogen-bond acceptors (Lipinski definition) is 5. The molecule has 0 amide bonds. The molecule has 0 saturated heterocycles. The molecular formula is C17H24O5. The van der Waals surface area contributed by atoms with Gasteiger partial charge in [0, 0.05) is 0 Å². The van der Waals surface area contributed by atoms with Gasteiger partial charge in [0.2, 0.25) is 6.79 Å². The van der Waals surface area contributed by atoms with Crippen LogP contribution in [0.1, 0.15) is 45.6 Å². The van der Waals surface area contributed by atoms with Crippen LogP contribution in [0.5, 0.6) is 11.5 Å². The van der Waals surface area contributed by atoms with Gasteiger partial charge in [-0.25, -0.2) is 0 Å². The van der Waals surface area contributed by atoms with Gasteiger partial charge in [-0.3, -0.25) is 4.79 Å². The van der Waals surface area contributed by atoms with Crippen LogP contribution in [0.2, 0.25) is 0 Å². The fraction of sp³-hybridized carbons (Fsp3) is 0.588. The summed E-state index contributed by atoms with van der Waals surface area (Å²) in [5, 5.41) is 10.6. The SMILES string of the molecule is CCOC(=O)C(c1ccc2c(c1)OCO2)C(O)CC(C)(C)C. The minimum Gasteiger partial charge on any atom is -0.465 e. The summed E-state index contributed by atoms with van der Waals surface area (Å²) >= 11 is 0. The summed E-state index contributed by atoms with van der Waals surface area (Å²) in [5.74, 6) is 0.0956. The smallest absolute Gasteiger partial charge is 0.316 e. The number of benzene rings is 1. The van der Waals surface area contributed by atoms with Crippen molar-refractivity contribution in [1.29, 1.82) is 0 Å². The molecule has 0 bridgehead atoms. The number of ether oxygens (including phenoxy) is 3. The van der Waals surface area contributed by atoms with Gasteiger partial charge >= 0.3 is 5.97 Å². The summed E-state index contributed by atoms with van der Waals surface area (Å²) < 4.78 is 15.8. The van der Waals surface area contributed by atoms with E-state index < -0.39 is 18.0 Å². The Kier molecular flexibility index (Phi) is 4.96. The van der Waals surface area contributed by atoms with Crippen molar-refractivity contribution in [3.8, 4) is 11.5 Å². The topological polar surface area (TPSA) is 65.0 Å². The number of esters is 1. The van der Waals surface area contributed by atoms with Crippen LogP contribution >= 0.6 is 0 Å². The molecule has 2 atom stereocenters. The van der Waals surface area contributed by atoms with Crippen LogP contribution in [0.4, 0.5) is 0 Å². The summed E-state index contributed by atoms with van der Waals surface area (Å²) in [6.07, 6.45) is -0.329. The first-order valence-corrected chi connectivity index (χ1v) is 7.56. The highest BCUT2D eigenvalue weighted by Crippen LogP contribution is 2.37. The first kappa shape index (κ1) is 16.6. The van der Waals surface area contributed by atoms with Crippen LogP contribution in [0.15, 0.2) is 18.2 Å². The maximum absolute atomic E-state index is 12.3. The molecule has 0 fully saturated rings. The molecule has 5 heteroatoms. The van der Waals surface area contributed by atoms with Crippen molar-refractivity contribution in [1.82, 2.24) is 0 Å². The average molecular weight is 308 g/mol. The lowest BCUT2D eigenvalue weighted by molar-refractivity contribution is -0.148. The van der Waals surface area contributed by atoms with Crippen LogP contribution in [-0.2, 0) is 9.53 Å². The minimum atomic E-state index is -0.820. The maximum atomic E-state index is 12.3. The zero-order valence-corrected chi connectivity index (χ0v) is 13.6. The molecule has 0 spiro atoms. The highest BCUT2D eigenvalue weighted by atomic mass is 16.7. The predicted octanol–water partition coefficient (Wildman–Crippen LogP) is 2.86. The van der Waals surface area contributed by atoms with E-state index in [4.69, 9.17) is 14.2 Å². The van der Waals surface area contributed by atoms with E-state index in [9.17, 15) is 9.90 Å². The lowest BCUT2D eigenvalue weighted by Gasteiger charge is -2.27. The van der Waals surface area contributed by atoms with Crippen molar-refractivity contribution in [3.63, 3.8) is 0 Å². The van der Waals surface area contributed by atoms with E-state index in [1.54, 1.807) is 25.1 Å². The van der Waals surface area contributed by atoms with Gasteiger partial charge in [-0.2, -0.15) is 0 Å². The Morgan fingerprint density at radius 1 is 1.32 bits per heavy atom. The third-order valence-electron chi connectivity index (χ3n) is 3.50. The molecule has 0 saturated carbocycles. The van der Waals surface area contributed by atoms with Crippen LogP contribution in [0.25, 0.3) is 0 Å². The average Bonchev–Trinajstić information content (AvgIpc) is 2.84. The number of aliphatic hydroxyl groups excluding tert-OH is 1. The Labute approximate surface area is 131 Å². The maximum Gasteiger partial charge on any atom is 0.316 e. The summed E-state index contributed by atoms with van der Waals surface area (Å²) in [7, 11) is 0. The lowest BCUT2D eigenvalue weighted by Crippen LogP contribution is -2.31. The predicted molar refractivity (Wildman–Crippen MR) is 82.0 cm³/mol. The molecule has 122 valence electrons. The number of fused-ring (bicyclic) bond motifs is 1. The van der Waals surface area contributed by atoms with Gasteiger partial charge in [0.25, 0.3) is 0 Å². The Bertz CT molecular complexity index is 532. The molecule has 5 nitrogen and oxygen atoms in total. The number of carbonyl (C=O) groups is 1. The Morgan fingerprint density at radius 2 is 2.00 bits per heavy atom. The summed E-state index contributed by atoms with van der Waals surface area (Å²) in [6, 6.07) is 5.28. The lowest BCUT2D eigenvalue weighted by atomic mass is 9.82. The summed E-state index contributed by atoms with van der Waals surface area (Å²) in [5.41, 5.74) is 0.583. The first-order valence-electron chi connectivity index (χ1n) is 7.56. The highest BCUT2D eigenvalue weighted by Gasteiger charge is 2.33. The Morgan fingerprint density at radius 3 is 2.64 bits per heavy atom. The standard InChI is InChI=1S/C17H24O5/c1-5-20-16(19)15(12(18)9-17(2,3)4)11-6-7-13-14(8-11)22-10-21-13/h6-8,12,15,18H,5,9-10H2,1-4H3. The largest absolute Gasteiger partial charge is 0.465 e. The molecule has 2 rings (SSSR count). The molecule has 1 aliphatic rings. The molecule has 1 aromatic carbocycles. The van der Waals surface area contributed by atoms with E-state index in [0.717, 1.165) is 0 Å². The first-order chi connectivity index (χ1) is 10.3. The van der Waals surface area contributed by atoms with Crippen molar-refractivity contribution in [2.75, 3.05) is 13.4 Å². The molecule has 2 unspecified atom stereocenters. The molecule has 22 heavy (non-hydrogen) atoms. The molecule has 1 N–H and O–H groups in total. The molecule has 0 radical (unpaired) electrons. The fourth-order valence-corrected chi connectivity index (χ4v) is 2.60. The van der Waals surface area contributed by atoms with Crippen LogP contribution in [-0.4, -0.2) is 30.6 Å². The molecule has 1 heterocycles. The Hall–Kier alpha value is -1.75. The minimum absolute atomic E-state index is 0.0967. The Balaban J connectivity index is 2.29. The van der Waals surface area contributed by atoms with Crippen molar-refractivity contribution in [2.45, 2.75) is 46.1 Å². The third-order valence-corrected chi connectivity index (χ3v) is 3.50. The number of carbonyl (C=O) groups excluding carboxylic acids is 1. The number of rotatable bonds is 5. The summed E-state index contributed by atoms with van der Waals surface area (Å²) in [4.78, 5) is 12.3. The van der Waals surface area contributed by atoms with Crippen LogP contribution in [0, 0.1) is 5.41 Å². The van der Waals surface area contributed by atoms with Gasteiger partial charge in [0.15, 0.2) is 11.5 Å². The van der Waals surface area contributed by atoms with Gasteiger partial charge in [0.1, 0.15) is 5.92 Å². The van der Waals surface area contributed by atoms with Gasteiger partial charge in [0.05, 0.1) is 12.7 Å². The quantitative estimate of drug-likeness (QED) is 0.847. The van der Waals surface area contributed by atoms with Gasteiger partial charge in [-0.15, -0.1) is 0 Å². The van der Waals surface area contributed by atoms with Crippen LogP contribution < -0.4 is 9.47 Å². The van der Waals surface area contributed by atoms with E-state index in [1.807, 2.05) is 20.8 Å². The monoisotopic (exact) mass is 308 g/mol. The van der Waals surface area contributed by atoms with Gasteiger partial charge < -0.3 is 19.3 Å². The molecular weight excluding hydrogens is 284 g/mol. The highest BCUT2D eigenvalue weighted by molar-refractivity contribution is 5.79. The van der Waals surface area contributed by atoms with E-state index >= 15 is 0 Å². The van der Waals surface area contributed by atoms with Gasteiger partial charge in [-0.05, 0) is 36.5 Å². The normalized spacial score (nSPS) is 16.2. The fourth-order valence-electron chi connectivity index (χ4n) is 2.60. The summed E-state index contributed by atoms with van der Waals surface area (Å²) in [6.45, 7) is 8.29. The second-order valence-electron chi connectivity index (χ2n) is 6.67. The van der Waals surface area contributed by atoms with Crippen molar-refractivity contribution < 1.29 is 24.1 Å². The van der Waals surface area contributed by atoms with E-state index in [2.05, 4.69) is 0 Å². The van der Waals surface area contributed by atoms with Crippen LogP contribution in [0.3, 0.4) is 0 Å². The zero-order valence-electron chi connectivity index (χ0n) is 13.6. The number of aliphatic hydroxyl groups is 1. The second-order valence-corrected chi connectivity index (χ2v) is 6.67. The van der Waals surface area contributed by atoms with E-state index in [-0.39, 0.29) is 18.8 Å². The van der Waals surface area contributed by atoms with Gasteiger partial charge in [-0.1, -0.05) is 26.8 Å². The van der Waals surface area contributed by atoms with E-state index in [1.165, 1.54) is 0 Å². The second kappa shape index (κ2) is 6.57. The third kappa shape index (κ3) is 3.91. The number of hydrogen-bond donors (Lipinski definition) is 1. The van der Waals surface area contributed by atoms with E-state index in [0.29, 0.717) is 23.5 Å². The van der Waals surface area contributed by atoms with Crippen molar-refractivity contribution >= 4 is 5.97 Å². The van der Waals surface area contributed by atoms with Crippen molar-refractivity contribution in [2.24, 2.45) is 5.41 Å². The molecule has 1 aromatic rings. The van der Waals surface area contributed by atoms with Crippen molar-refractivity contribution in [3.05, 3.63) is 23.8 Å². The molecule has 0 aromatic heterocycles. The zero-order chi connectivity index (χ0) is 16.3. The molecule has 0 aliphatic carbocycles.